The molecule has 1 aromatic heterocycles. The molecule has 3 aliphatic heterocycles. The van der Waals surface area contributed by atoms with E-state index in [0.29, 0.717) is 62.2 Å². The summed E-state index contributed by atoms with van der Waals surface area (Å²) in [6.07, 6.45) is 5.05. The molecule has 0 spiro atoms. The third kappa shape index (κ3) is 6.23. The Bertz CT molecular complexity index is 1590. The fourth-order valence-corrected chi connectivity index (χ4v) is 6.86. The zero-order valence-corrected chi connectivity index (χ0v) is 25.5. The zero-order chi connectivity index (χ0) is 30.6. The number of piperazine rings is 1. The van der Waals surface area contributed by atoms with Gasteiger partial charge in [0, 0.05) is 54.1 Å². The van der Waals surface area contributed by atoms with E-state index in [9.17, 15) is 14.4 Å². The van der Waals surface area contributed by atoms with Crippen molar-refractivity contribution in [3.63, 3.8) is 0 Å². The molecule has 0 radical (unpaired) electrons. The van der Waals surface area contributed by atoms with E-state index in [1.54, 1.807) is 4.90 Å². The van der Waals surface area contributed by atoms with Crippen LogP contribution in [0.25, 0.3) is 10.8 Å². The first-order chi connectivity index (χ1) is 21.5. The molecule has 1 unspecified atom stereocenters. The Labute approximate surface area is 261 Å². The Hall–Kier alpha value is -3.78. The van der Waals surface area contributed by atoms with Crippen molar-refractivity contribution in [3.05, 3.63) is 70.4 Å². The lowest BCUT2D eigenvalue weighted by molar-refractivity contribution is -0.128. The van der Waals surface area contributed by atoms with Crippen molar-refractivity contribution < 1.29 is 18.7 Å². The lowest BCUT2D eigenvalue weighted by Gasteiger charge is -2.42. The number of aromatic nitrogens is 2. The predicted octanol–water partition coefficient (Wildman–Crippen LogP) is 5.03. The van der Waals surface area contributed by atoms with Gasteiger partial charge < -0.3 is 24.2 Å². The number of rotatable bonds is 8. The second kappa shape index (κ2) is 13.5. The van der Waals surface area contributed by atoms with Crippen LogP contribution in [0.4, 0.5) is 10.2 Å². The van der Waals surface area contributed by atoms with E-state index >= 15 is 0 Å². The Balaban J connectivity index is 1.32. The lowest BCUT2D eigenvalue weighted by atomic mass is 9.94. The summed E-state index contributed by atoms with van der Waals surface area (Å²) >= 11 is 6.66. The number of carbonyl (C=O) groups excluding carboxylic acids is 1. The summed E-state index contributed by atoms with van der Waals surface area (Å²) in [4.78, 5) is 28.6. The number of carbonyl (C=O) groups is 1. The monoisotopic (exact) mass is 618 g/mol. The third-order valence-electron chi connectivity index (χ3n) is 8.91. The van der Waals surface area contributed by atoms with Crippen LogP contribution in [0.1, 0.15) is 42.2 Å². The number of hydrogen-bond acceptors (Lipinski definition) is 8. The molecule has 2 saturated heterocycles. The van der Waals surface area contributed by atoms with Crippen LogP contribution in [-0.2, 0) is 22.6 Å². The molecule has 0 N–H and O–H groups in total. The zero-order valence-electron chi connectivity index (χ0n) is 24.8. The Morgan fingerprint density at radius 1 is 1.20 bits per heavy atom. The summed E-state index contributed by atoms with van der Waals surface area (Å²) in [7, 11) is 2.11. The Morgan fingerprint density at radius 3 is 2.82 bits per heavy atom. The van der Waals surface area contributed by atoms with Crippen molar-refractivity contribution in [3.8, 4) is 12.1 Å². The molecule has 0 aliphatic carbocycles. The van der Waals surface area contributed by atoms with E-state index < -0.39 is 6.67 Å². The van der Waals surface area contributed by atoms with Gasteiger partial charge in [0.15, 0.2) is 0 Å². The number of likely N-dealkylation sites (N-methyl/N-ethyl adjacent to an activating group) is 1. The van der Waals surface area contributed by atoms with Crippen LogP contribution in [0.2, 0.25) is 5.02 Å². The first-order valence-electron chi connectivity index (χ1n) is 15.1. The minimum atomic E-state index is -0.715. The number of nitriles is 1. The normalized spacial score (nSPS) is 22.4. The highest BCUT2D eigenvalue weighted by atomic mass is 35.5. The molecule has 4 heterocycles. The molecule has 3 aromatic rings. The van der Waals surface area contributed by atoms with Crippen LogP contribution in [0, 0.1) is 11.3 Å². The van der Waals surface area contributed by atoms with Gasteiger partial charge in [0.2, 0.25) is 5.91 Å². The van der Waals surface area contributed by atoms with E-state index in [-0.39, 0.29) is 24.5 Å². The topological polar surface area (TPSA) is 94.8 Å². The maximum atomic E-state index is 12.8. The third-order valence-corrected chi connectivity index (χ3v) is 9.22. The van der Waals surface area contributed by atoms with Crippen molar-refractivity contribution in [2.24, 2.45) is 0 Å². The van der Waals surface area contributed by atoms with Crippen molar-refractivity contribution in [1.29, 1.82) is 5.26 Å². The number of fused-ring (bicyclic) bond motifs is 2. The molecule has 0 bridgehead atoms. The lowest BCUT2D eigenvalue weighted by Crippen LogP contribution is -2.55. The molecule has 1 amide bonds. The van der Waals surface area contributed by atoms with Crippen LogP contribution in [-0.4, -0.2) is 84.3 Å². The standard InChI is InChI=1S/C33H36ClFN6O3/c1-39-15-5-8-24(39)20-44-33-37-28-18-29(25-9-2-6-22-7-3-10-27(34)31(22)25)43-21-26(28)32(38-33)40-16-17-41(23(19-40)12-14-36)30(42)11-4-13-35/h2-4,6-7,9-11,23-24,29H,5,8,12-13,15-21H2,1H3/b11-4+/t23-,24-,29?/m0/s1. The van der Waals surface area contributed by atoms with Crippen LogP contribution < -0.4 is 9.64 Å². The van der Waals surface area contributed by atoms with E-state index in [0.717, 1.165) is 47.0 Å². The molecule has 2 fully saturated rings. The van der Waals surface area contributed by atoms with Crippen molar-refractivity contribution >= 4 is 34.1 Å². The smallest absolute Gasteiger partial charge is 0.318 e. The first-order valence-corrected chi connectivity index (χ1v) is 15.5. The molecule has 0 saturated carbocycles. The van der Waals surface area contributed by atoms with Gasteiger partial charge in [-0.05, 0) is 49.5 Å². The highest BCUT2D eigenvalue weighted by Gasteiger charge is 2.34. The van der Waals surface area contributed by atoms with E-state index in [4.69, 9.17) is 31.0 Å². The quantitative estimate of drug-likeness (QED) is 0.325. The molecule has 2 aromatic carbocycles. The van der Waals surface area contributed by atoms with Crippen molar-refractivity contribution in [1.82, 2.24) is 19.8 Å². The number of nitrogens with zero attached hydrogens (tertiary/aromatic N) is 6. The van der Waals surface area contributed by atoms with E-state index in [1.807, 2.05) is 30.3 Å². The Kier molecular flexibility index (Phi) is 9.26. The summed E-state index contributed by atoms with van der Waals surface area (Å²) in [5, 5.41) is 12.3. The highest BCUT2D eigenvalue weighted by Crippen LogP contribution is 2.39. The maximum Gasteiger partial charge on any atom is 0.318 e. The molecule has 230 valence electrons. The maximum absolute atomic E-state index is 12.8. The molecule has 3 atom stereocenters. The fraction of sp³-hybridized carbons (Fsp3) is 0.455. The van der Waals surface area contributed by atoms with Gasteiger partial charge in [-0.25, -0.2) is 4.39 Å². The molecular formula is C33H36ClFN6O3. The highest BCUT2D eigenvalue weighted by molar-refractivity contribution is 6.35. The number of hydrogen-bond donors (Lipinski definition) is 0. The van der Waals surface area contributed by atoms with Crippen molar-refractivity contribution in [2.75, 3.05) is 51.4 Å². The second-order valence-corrected chi connectivity index (χ2v) is 12.0. The van der Waals surface area contributed by atoms with Gasteiger partial charge >= 0.3 is 6.01 Å². The van der Waals surface area contributed by atoms with E-state index in [1.165, 1.54) is 12.2 Å². The average molecular weight is 619 g/mol. The van der Waals surface area contributed by atoms with Gasteiger partial charge in [-0.2, -0.15) is 15.2 Å². The summed E-state index contributed by atoms with van der Waals surface area (Å²) in [5.41, 5.74) is 2.74. The molecule has 11 heteroatoms. The van der Waals surface area contributed by atoms with Crippen LogP contribution >= 0.6 is 11.6 Å². The summed E-state index contributed by atoms with van der Waals surface area (Å²) < 4.78 is 25.4. The number of benzene rings is 2. The summed E-state index contributed by atoms with van der Waals surface area (Å²) in [5.74, 6) is 0.408. The van der Waals surface area contributed by atoms with Crippen LogP contribution in [0.5, 0.6) is 6.01 Å². The number of ether oxygens (including phenoxy) is 2. The van der Waals surface area contributed by atoms with Gasteiger partial charge in [0.25, 0.3) is 0 Å². The summed E-state index contributed by atoms with van der Waals surface area (Å²) in [6.45, 7) is 2.39. The number of halogens is 2. The van der Waals surface area contributed by atoms with Gasteiger partial charge in [0.1, 0.15) is 19.1 Å². The Morgan fingerprint density at radius 2 is 2.05 bits per heavy atom. The molecule has 3 aliphatic rings. The number of alkyl halides is 1. The van der Waals surface area contributed by atoms with Gasteiger partial charge in [-0.1, -0.05) is 41.9 Å². The molecule has 9 nitrogen and oxygen atoms in total. The number of anilines is 1. The second-order valence-electron chi connectivity index (χ2n) is 11.6. The molecule has 44 heavy (non-hydrogen) atoms. The molecule has 6 rings (SSSR count). The number of amides is 1. The van der Waals surface area contributed by atoms with Gasteiger partial charge in [-0.15, -0.1) is 0 Å². The van der Waals surface area contributed by atoms with Crippen LogP contribution in [0.3, 0.4) is 0 Å². The van der Waals surface area contributed by atoms with Crippen LogP contribution in [0.15, 0.2) is 48.6 Å². The van der Waals surface area contributed by atoms with Crippen molar-refractivity contribution in [2.45, 2.75) is 50.5 Å². The number of likely N-dealkylation sites (tertiary alicyclic amines) is 1. The first kappa shape index (κ1) is 30.3. The fourth-order valence-electron chi connectivity index (χ4n) is 6.57. The van der Waals surface area contributed by atoms with E-state index in [2.05, 4.69) is 29.0 Å². The number of allylic oxidation sites excluding steroid dienone is 1. The SMILES string of the molecule is CN1CCC[C@H]1COc1nc2c(c(N3CCN(C(=O)/C=C/CF)[C@@H](CC#N)C3)n1)COC(c1cccc3cccc(Cl)c13)C2. The average Bonchev–Trinajstić information content (AvgIpc) is 3.46. The minimum Gasteiger partial charge on any atom is -0.462 e. The predicted molar refractivity (Wildman–Crippen MR) is 166 cm³/mol. The molecular weight excluding hydrogens is 583 g/mol. The van der Waals surface area contributed by atoms with Gasteiger partial charge in [-0.3, -0.25) is 4.79 Å². The van der Waals surface area contributed by atoms with Gasteiger partial charge in [0.05, 0.1) is 36.9 Å². The summed E-state index contributed by atoms with van der Waals surface area (Å²) in [6, 6.07) is 14.5. The largest absolute Gasteiger partial charge is 0.462 e. The minimum absolute atomic E-state index is 0.150.